The van der Waals surface area contributed by atoms with Crippen LogP contribution in [0.1, 0.15) is 4.88 Å². The molecular formula is C13H15ClN2O3S. The highest BCUT2D eigenvalue weighted by Crippen LogP contribution is 2.23. The summed E-state index contributed by atoms with van der Waals surface area (Å²) in [6.07, 6.45) is 1.99. The van der Waals surface area contributed by atoms with Gasteiger partial charge in [-0.1, -0.05) is 11.6 Å². The molecule has 1 aliphatic heterocycles. The van der Waals surface area contributed by atoms with Gasteiger partial charge in [-0.25, -0.2) is 4.79 Å². The summed E-state index contributed by atoms with van der Waals surface area (Å²) in [5, 5.41) is 8.49. The van der Waals surface area contributed by atoms with Gasteiger partial charge in [0.1, 0.15) is 0 Å². The molecule has 0 unspecified atom stereocenters. The van der Waals surface area contributed by atoms with Crippen molar-refractivity contribution in [3.05, 3.63) is 33.5 Å². The molecule has 0 saturated carbocycles. The van der Waals surface area contributed by atoms with Crippen LogP contribution in [0.2, 0.25) is 4.34 Å². The first-order valence-corrected chi connectivity index (χ1v) is 7.40. The summed E-state index contributed by atoms with van der Waals surface area (Å²) in [6.45, 7) is 3.62. The fourth-order valence-electron chi connectivity index (χ4n) is 2.03. The fourth-order valence-corrected chi connectivity index (χ4v) is 3.16. The van der Waals surface area contributed by atoms with Gasteiger partial charge in [0.15, 0.2) is 0 Å². The third-order valence-electron chi connectivity index (χ3n) is 3.06. The van der Waals surface area contributed by atoms with E-state index in [1.807, 2.05) is 12.1 Å². The Kier molecular flexibility index (Phi) is 5.17. The number of carbonyl (C=O) groups is 2. The van der Waals surface area contributed by atoms with E-state index in [0.717, 1.165) is 36.1 Å². The van der Waals surface area contributed by atoms with Gasteiger partial charge in [0.25, 0.3) is 0 Å². The van der Waals surface area contributed by atoms with Crippen molar-refractivity contribution in [3.63, 3.8) is 0 Å². The lowest BCUT2D eigenvalue weighted by molar-refractivity contribution is -0.132. The average Bonchev–Trinajstić information content (AvgIpc) is 2.82. The summed E-state index contributed by atoms with van der Waals surface area (Å²) in [4.78, 5) is 27.2. The summed E-state index contributed by atoms with van der Waals surface area (Å²) in [5.74, 6) is -1.35. The van der Waals surface area contributed by atoms with E-state index in [4.69, 9.17) is 16.7 Å². The first kappa shape index (κ1) is 15.0. The Balaban J connectivity index is 1.80. The van der Waals surface area contributed by atoms with E-state index in [1.165, 1.54) is 4.88 Å². The molecule has 1 aliphatic rings. The standard InChI is InChI=1S/C13H15ClN2O3S/c14-11-2-1-10(20-11)9-15-5-7-16(8-6-15)12(17)3-4-13(18)19/h1-4H,5-9H2,(H,18,19)/b4-3+. The Morgan fingerprint density at radius 3 is 2.50 bits per heavy atom. The van der Waals surface area contributed by atoms with Crippen LogP contribution in [-0.2, 0) is 16.1 Å². The fraction of sp³-hybridized carbons (Fsp3) is 0.385. The molecule has 0 aliphatic carbocycles. The van der Waals surface area contributed by atoms with E-state index in [0.29, 0.717) is 13.1 Å². The summed E-state index contributed by atoms with van der Waals surface area (Å²) in [7, 11) is 0. The number of hydrogen-bond donors (Lipinski definition) is 1. The van der Waals surface area contributed by atoms with E-state index >= 15 is 0 Å². The molecule has 1 fully saturated rings. The summed E-state index contributed by atoms with van der Waals surface area (Å²) < 4.78 is 0.785. The molecule has 1 N–H and O–H groups in total. The predicted molar refractivity (Wildman–Crippen MR) is 78.0 cm³/mol. The van der Waals surface area contributed by atoms with Crippen LogP contribution in [0.3, 0.4) is 0 Å². The Bertz CT molecular complexity index is 521. The number of aliphatic carboxylic acids is 1. The molecule has 1 amide bonds. The number of carboxylic acid groups (broad SMARTS) is 1. The maximum absolute atomic E-state index is 11.7. The van der Waals surface area contributed by atoms with Gasteiger partial charge < -0.3 is 10.0 Å². The SMILES string of the molecule is O=C(O)/C=C/C(=O)N1CCN(Cc2ccc(Cl)s2)CC1. The topological polar surface area (TPSA) is 60.9 Å². The number of nitrogens with zero attached hydrogens (tertiary/aromatic N) is 2. The van der Waals surface area contributed by atoms with Crippen molar-refractivity contribution >= 4 is 34.8 Å². The number of hydrogen-bond acceptors (Lipinski definition) is 4. The Hall–Kier alpha value is -1.37. The molecular weight excluding hydrogens is 300 g/mol. The molecule has 0 atom stereocenters. The zero-order valence-electron chi connectivity index (χ0n) is 10.8. The van der Waals surface area contributed by atoms with Gasteiger partial charge in [-0.05, 0) is 12.1 Å². The lowest BCUT2D eigenvalue weighted by Crippen LogP contribution is -2.47. The van der Waals surface area contributed by atoms with Crippen molar-refractivity contribution in [1.29, 1.82) is 0 Å². The van der Waals surface area contributed by atoms with Gasteiger partial charge in [0.05, 0.1) is 4.34 Å². The number of carboxylic acids is 1. The van der Waals surface area contributed by atoms with Crippen molar-refractivity contribution < 1.29 is 14.7 Å². The molecule has 0 bridgehead atoms. The number of amides is 1. The highest BCUT2D eigenvalue weighted by molar-refractivity contribution is 7.16. The second-order valence-corrected chi connectivity index (χ2v) is 6.28. The van der Waals surface area contributed by atoms with Crippen molar-refractivity contribution in [1.82, 2.24) is 9.80 Å². The Labute approximate surface area is 126 Å². The normalized spacial score (nSPS) is 16.8. The number of halogens is 1. The van der Waals surface area contributed by atoms with Crippen molar-refractivity contribution in [3.8, 4) is 0 Å². The smallest absolute Gasteiger partial charge is 0.328 e. The number of carbonyl (C=O) groups excluding carboxylic acids is 1. The minimum Gasteiger partial charge on any atom is -0.478 e. The minimum atomic E-state index is -1.11. The first-order chi connectivity index (χ1) is 9.54. The second-order valence-electron chi connectivity index (χ2n) is 4.48. The van der Waals surface area contributed by atoms with Crippen LogP contribution < -0.4 is 0 Å². The molecule has 108 valence electrons. The van der Waals surface area contributed by atoms with Gasteiger partial charge in [0, 0.05) is 49.8 Å². The highest BCUT2D eigenvalue weighted by Gasteiger charge is 2.20. The van der Waals surface area contributed by atoms with Crippen LogP contribution in [-0.4, -0.2) is 53.0 Å². The molecule has 7 heteroatoms. The van der Waals surface area contributed by atoms with Gasteiger partial charge >= 0.3 is 5.97 Å². The van der Waals surface area contributed by atoms with Crippen LogP contribution in [0.4, 0.5) is 0 Å². The third-order valence-corrected chi connectivity index (χ3v) is 4.28. The largest absolute Gasteiger partial charge is 0.478 e. The summed E-state index contributed by atoms with van der Waals surface area (Å²) in [5.41, 5.74) is 0. The van der Waals surface area contributed by atoms with E-state index in [2.05, 4.69) is 4.90 Å². The maximum Gasteiger partial charge on any atom is 0.328 e. The average molecular weight is 315 g/mol. The monoisotopic (exact) mass is 314 g/mol. The van der Waals surface area contributed by atoms with Gasteiger partial charge in [-0.3, -0.25) is 9.69 Å². The summed E-state index contributed by atoms with van der Waals surface area (Å²) in [6, 6.07) is 3.90. The van der Waals surface area contributed by atoms with Crippen LogP contribution in [0.25, 0.3) is 0 Å². The van der Waals surface area contributed by atoms with Gasteiger partial charge in [-0.15, -0.1) is 11.3 Å². The third kappa shape index (κ3) is 4.33. The van der Waals surface area contributed by atoms with E-state index < -0.39 is 5.97 Å². The van der Waals surface area contributed by atoms with Gasteiger partial charge in [0.2, 0.25) is 5.91 Å². The highest BCUT2D eigenvalue weighted by atomic mass is 35.5. The molecule has 0 spiro atoms. The van der Waals surface area contributed by atoms with Gasteiger partial charge in [-0.2, -0.15) is 0 Å². The maximum atomic E-state index is 11.7. The Morgan fingerprint density at radius 2 is 1.95 bits per heavy atom. The Morgan fingerprint density at radius 1 is 1.25 bits per heavy atom. The molecule has 1 saturated heterocycles. The van der Waals surface area contributed by atoms with E-state index in [1.54, 1.807) is 16.2 Å². The van der Waals surface area contributed by atoms with Crippen molar-refractivity contribution in [2.75, 3.05) is 26.2 Å². The molecule has 20 heavy (non-hydrogen) atoms. The molecule has 0 aromatic carbocycles. The number of piperazine rings is 1. The van der Waals surface area contributed by atoms with Crippen molar-refractivity contribution in [2.24, 2.45) is 0 Å². The molecule has 2 rings (SSSR count). The second kappa shape index (κ2) is 6.88. The minimum absolute atomic E-state index is 0.244. The summed E-state index contributed by atoms with van der Waals surface area (Å²) >= 11 is 7.46. The molecule has 5 nitrogen and oxygen atoms in total. The molecule has 1 aromatic heterocycles. The van der Waals surface area contributed by atoms with E-state index in [9.17, 15) is 9.59 Å². The van der Waals surface area contributed by atoms with Crippen LogP contribution >= 0.6 is 22.9 Å². The molecule has 1 aromatic rings. The van der Waals surface area contributed by atoms with Crippen LogP contribution in [0.15, 0.2) is 24.3 Å². The zero-order chi connectivity index (χ0) is 14.5. The number of thiophene rings is 1. The molecule has 0 radical (unpaired) electrons. The lowest BCUT2D eigenvalue weighted by Gasteiger charge is -2.33. The predicted octanol–water partition coefficient (Wildman–Crippen LogP) is 1.69. The first-order valence-electron chi connectivity index (χ1n) is 6.21. The van der Waals surface area contributed by atoms with E-state index in [-0.39, 0.29) is 5.91 Å². The van der Waals surface area contributed by atoms with Crippen molar-refractivity contribution in [2.45, 2.75) is 6.54 Å². The lowest BCUT2D eigenvalue weighted by atomic mass is 10.3. The van der Waals surface area contributed by atoms with Crippen LogP contribution in [0.5, 0.6) is 0 Å². The number of rotatable bonds is 4. The molecule has 2 heterocycles. The van der Waals surface area contributed by atoms with Crippen LogP contribution in [0, 0.1) is 0 Å². The zero-order valence-corrected chi connectivity index (χ0v) is 12.4. The quantitative estimate of drug-likeness (QED) is 0.859.